The normalized spacial score (nSPS) is 13.0. The highest BCUT2D eigenvalue weighted by Gasteiger charge is 2.33. The number of hydrogen-bond acceptors (Lipinski definition) is 7. The molecule has 0 atom stereocenters. The number of aromatic nitrogens is 2. The van der Waals surface area contributed by atoms with Crippen LogP contribution in [0.2, 0.25) is 0 Å². The molecule has 0 aliphatic carbocycles. The number of nitrogens with one attached hydrogen (secondary N) is 3. The molecule has 1 aliphatic rings. The Bertz CT molecular complexity index is 1030. The van der Waals surface area contributed by atoms with E-state index in [4.69, 9.17) is 15.8 Å². The first-order valence-corrected chi connectivity index (χ1v) is 10.8. The molecule has 170 valence electrons. The van der Waals surface area contributed by atoms with Gasteiger partial charge in [-0.05, 0) is 52.9 Å². The first kappa shape index (κ1) is 23.3. The van der Waals surface area contributed by atoms with Crippen molar-refractivity contribution in [1.82, 2.24) is 20.2 Å². The number of carbonyl (C=O) groups excluding carboxylic acids is 1. The van der Waals surface area contributed by atoms with Crippen LogP contribution in [0.25, 0.3) is 0 Å². The molecule has 9 nitrogen and oxygen atoms in total. The zero-order valence-corrected chi connectivity index (χ0v) is 19.6. The summed E-state index contributed by atoms with van der Waals surface area (Å²) in [4.78, 5) is 28.0. The van der Waals surface area contributed by atoms with Crippen molar-refractivity contribution in [1.29, 1.82) is 10.8 Å². The van der Waals surface area contributed by atoms with E-state index in [1.54, 1.807) is 23.1 Å². The second-order valence-electron chi connectivity index (χ2n) is 8.44. The topological polar surface area (TPSA) is 112 Å². The molecule has 32 heavy (non-hydrogen) atoms. The summed E-state index contributed by atoms with van der Waals surface area (Å²) in [7, 11) is 3.84. The van der Waals surface area contributed by atoms with Crippen LogP contribution in [0.5, 0.6) is 0 Å². The van der Waals surface area contributed by atoms with E-state index in [1.807, 2.05) is 38.9 Å². The molecule has 0 aromatic carbocycles. The quantitative estimate of drug-likeness (QED) is 0.433. The second kappa shape index (κ2) is 9.44. The molecular weight excluding hydrogens is 404 g/mol. The summed E-state index contributed by atoms with van der Waals surface area (Å²) in [6.07, 6.45) is 1.13. The van der Waals surface area contributed by atoms with Crippen molar-refractivity contribution in [2.45, 2.75) is 52.9 Å². The summed E-state index contributed by atoms with van der Waals surface area (Å²) in [6, 6.07) is 7.35. The predicted octanol–water partition coefficient (Wildman–Crippen LogP) is 2.84. The summed E-state index contributed by atoms with van der Waals surface area (Å²) >= 11 is 0. The molecule has 1 aliphatic heterocycles. The molecule has 0 spiro atoms. The van der Waals surface area contributed by atoms with Crippen LogP contribution in [0.4, 0.5) is 11.6 Å². The zero-order valence-electron chi connectivity index (χ0n) is 19.6. The molecule has 0 saturated heterocycles. The predicted molar refractivity (Wildman–Crippen MR) is 128 cm³/mol. The van der Waals surface area contributed by atoms with Gasteiger partial charge < -0.3 is 15.1 Å². The lowest BCUT2D eigenvalue weighted by atomic mass is 10.1. The monoisotopic (exact) mass is 436 g/mol. The number of anilines is 2. The minimum atomic E-state index is -0.123. The number of amidine groups is 1. The van der Waals surface area contributed by atoms with Gasteiger partial charge >= 0.3 is 0 Å². The molecular formula is C23H32N8O. The van der Waals surface area contributed by atoms with Gasteiger partial charge in [0.05, 0.1) is 24.1 Å². The van der Waals surface area contributed by atoms with Gasteiger partial charge in [-0.25, -0.2) is 9.97 Å². The zero-order chi connectivity index (χ0) is 23.6. The molecule has 0 bridgehead atoms. The van der Waals surface area contributed by atoms with Gasteiger partial charge in [0.1, 0.15) is 17.3 Å². The highest BCUT2D eigenvalue weighted by Crippen LogP contribution is 2.32. The number of nitrogens with zero attached hydrogens (tertiary/aromatic N) is 5. The maximum Gasteiger partial charge on any atom is 0.260 e. The lowest BCUT2D eigenvalue weighted by Gasteiger charge is -2.24. The molecule has 1 amide bonds. The van der Waals surface area contributed by atoms with Crippen molar-refractivity contribution in [2.75, 3.05) is 23.9 Å². The number of fused-ring (bicyclic) bond motifs is 1. The standard InChI is InChI=1S/C23H32N8O/c1-14(2)29(6)21-10-16-17(19(28-21)11-26-5)12-30(23(16)32)20-9-7-8-18(27-20)22(25)31(13-24)15(3)4/h7-10,13-15,24-26H,11-12H2,1-6H3. The lowest BCUT2D eigenvalue weighted by Crippen LogP contribution is -2.36. The Morgan fingerprint density at radius 3 is 2.56 bits per heavy atom. The maximum absolute atomic E-state index is 13.4. The van der Waals surface area contributed by atoms with Crippen LogP contribution >= 0.6 is 0 Å². The molecule has 0 unspecified atom stereocenters. The average Bonchev–Trinajstić information content (AvgIpc) is 3.10. The third kappa shape index (κ3) is 4.34. The van der Waals surface area contributed by atoms with Crippen LogP contribution in [0, 0.1) is 10.8 Å². The van der Waals surface area contributed by atoms with Crippen LogP contribution in [0.15, 0.2) is 24.3 Å². The minimum absolute atomic E-state index is 0.0466. The van der Waals surface area contributed by atoms with Crippen molar-refractivity contribution in [3.8, 4) is 0 Å². The third-order valence-corrected chi connectivity index (χ3v) is 5.68. The van der Waals surface area contributed by atoms with Crippen molar-refractivity contribution >= 4 is 29.7 Å². The van der Waals surface area contributed by atoms with E-state index in [-0.39, 0.29) is 23.8 Å². The summed E-state index contributed by atoms with van der Waals surface area (Å²) < 4.78 is 0. The van der Waals surface area contributed by atoms with Crippen LogP contribution in [0.3, 0.4) is 0 Å². The number of pyridine rings is 2. The fourth-order valence-electron chi connectivity index (χ4n) is 3.61. The van der Waals surface area contributed by atoms with E-state index in [0.717, 1.165) is 23.4 Å². The van der Waals surface area contributed by atoms with Gasteiger partial charge in [-0.1, -0.05) is 6.07 Å². The number of hydrogen-bond donors (Lipinski definition) is 3. The fraction of sp³-hybridized carbons (Fsp3) is 0.435. The largest absolute Gasteiger partial charge is 0.357 e. The summed E-state index contributed by atoms with van der Waals surface area (Å²) in [5.74, 6) is 1.25. The van der Waals surface area contributed by atoms with Crippen molar-refractivity contribution in [2.24, 2.45) is 0 Å². The first-order chi connectivity index (χ1) is 15.2. The lowest BCUT2D eigenvalue weighted by molar-refractivity contribution is 0.0996. The van der Waals surface area contributed by atoms with Crippen LogP contribution in [-0.2, 0) is 13.1 Å². The first-order valence-electron chi connectivity index (χ1n) is 10.8. The Morgan fingerprint density at radius 1 is 1.25 bits per heavy atom. The average molecular weight is 437 g/mol. The molecule has 9 heteroatoms. The fourth-order valence-corrected chi connectivity index (χ4v) is 3.61. The van der Waals surface area contributed by atoms with E-state index < -0.39 is 0 Å². The number of amides is 1. The Hall–Kier alpha value is -3.33. The van der Waals surface area contributed by atoms with Gasteiger partial charge in [-0.2, -0.15) is 0 Å². The van der Waals surface area contributed by atoms with Crippen LogP contribution < -0.4 is 15.1 Å². The Kier molecular flexibility index (Phi) is 6.88. The van der Waals surface area contributed by atoms with Crippen molar-refractivity contribution in [3.63, 3.8) is 0 Å². The second-order valence-corrected chi connectivity index (χ2v) is 8.44. The van der Waals surface area contributed by atoms with Crippen molar-refractivity contribution < 1.29 is 4.79 Å². The molecule has 2 aromatic heterocycles. The SMILES string of the molecule is CNCc1nc(N(C)C(C)C)cc2c1CN(c1cccc(C(=N)N(C=N)C(C)C)n1)C2=O. The van der Waals surface area contributed by atoms with Crippen LogP contribution in [-0.4, -0.2) is 59.1 Å². The maximum atomic E-state index is 13.4. The van der Waals surface area contributed by atoms with Gasteiger partial charge in [0.25, 0.3) is 5.91 Å². The molecule has 3 rings (SSSR count). The minimum Gasteiger partial charge on any atom is -0.357 e. The highest BCUT2D eigenvalue weighted by molar-refractivity contribution is 6.10. The van der Waals surface area contributed by atoms with E-state index in [0.29, 0.717) is 30.2 Å². The molecule has 0 fully saturated rings. The van der Waals surface area contributed by atoms with Gasteiger partial charge in [-0.15, -0.1) is 0 Å². The number of rotatable bonds is 8. The Morgan fingerprint density at radius 2 is 1.97 bits per heavy atom. The van der Waals surface area contributed by atoms with E-state index in [2.05, 4.69) is 24.1 Å². The molecule has 0 saturated carbocycles. The van der Waals surface area contributed by atoms with E-state index in [1.165, 1.54) is 4.90 Å². The van der Waals surface area contributed by atoms with Crippen molar-refractivity contribution in [3.05, 3.63) is 46.8 Å². The summed E-state index contributed by atoms with van der Waals surface area (Å²) in [6.45, 7) is 8.92. The summed E-state index contributed by atoms with van der Waals surface area (Å²) in [5.41, 5.74) is 2.80. The highest BCUT2D eigenvalue weighted by atomic mass is 16.2. The van der Waals surface area contributed by atoms with Crippen LogP contribution in [0.1, 0.15) is 55.0 Å². The van der Waals surface area contributed by atoms with Gasteiger partial charge in [0.15, 0.2) is 5.84 Å². The Labute approximate surface area is 189 Å². The molecule has 2 aromatic rings. The van der Waals surface area contributed by atoms with E-state index >= 15 is 0 Å². The molecule has 3 heterocycles. The Balaban J connectivity index is 1.99. The van der Waals surface area contributed by atoms with E-state index in [9.17, 15) is 4.79 Å². The molecule has 3 N–H and O–H groups in total. The smallest absolute Gasteiger partial charge is 0.260 e. The molecule has 0 radical (unpaired) electrons. The van der Waals surface area contributed by atoms with Gasteiger partial charge in [0.2, 0.25) is 0 Å². The van der Waals surface area contributed by atoms with Gasteiger partial charge in [0, 0.05) is 31.2 Å². The number of carbonyl (C=O) groups is 1. The summed E-state index contributed by atoms with van der Waals surface area (Å²) in [5, 5.41) is 19.2. The third-order valence-electron chi connectivity index (χ3n) is 5.68. The van der Waals surface area contributed by atoms with Gasteiger partial charge in [-0.3, -0.25) is 20.5 Å².